The van der Waals surface area contributed by atoms with Crippen molar-refractivity contribution in [2.75, 3.05) is 148 Å². The number of halogens is 7. The summed E-state index contributed by atoms with van der Waals surface area (Å²) in [7, 11) is 0. The average Bonchev–Trinajstić information content (AvgIpc) is 0.769. The number of nitrogens with one attached hydrogen (secondary N) is 3. The minimum Gasteiger partial charge on any atom is -0.444 e. The number of hydrogen-bond acceptors (Lipinski definition) is 24. The molecule has 3 fully saturated rings. The Bertz CT molecular complexity index is 5070. The predicted octanol–water partition coefficient (Wildman–Crippen LogP) is 18.8. The number of fused-ring (bicyclic) bond motifs is 3. The van der Waals surface area contributed by atoms with Gasteiger partial charge in [0.2, 0.25) is 11.9 Å². The molecule has 6 aliphatic rings. The van der Waals surface area contributed by atoms with Gasteiger partial charge in [-0.25, -0.2) is 39.5 Å². The molecule has 5 N–H and O–H groups in total. The van der Waals surface area contributed by atoms with Gasteiger partial charge in [0, 0.05) is 131 Å². The SMILES string of the molecule is CSc1ncc2c(n1)SCN(c1c(Cl)cccc1Cl)C2=O.Cc1cc(N)ccc1N1CCN(C(=O)OC(C)(C)C)CC1.Cc1cc(Nc2ncc3c(n2)SCN(c2c(Cl)cccc2Cl)C3=O)ccc1N1CCN(C(=O)OC(C)(C)C)CC1.Cc1cc(Nc2ncc3c(n2)SCN(c2c(Cl)cccc2Cl)C3=O)ccc1N1CCNCC1.Cl. The molecule has 3 aromatic heterocycles. The second-order valence-corrected chi connectivity index (χ2v) is 35.1. The van der Waals surface area contributed by atoms with E-state index in [9.17, 15) is 24.0 Å². The topological polar surface area (TPSA) is 269 Å². The van der Waals surface area contributed by atoms with Gasteiger partial charge in [-0.1, -0.05) is 135 Å². The van der Waals surface area contributed by atoms with Gasteiger partial charge in [-0.05, 0) is 176 Å². The van der Waals surface area contributed by atoms with Crippen molar-refractivity contribution in [1.82, 2.24) is 45.0 Å². The van der Waals surface area contributed by atoms with E-state index < -0.39 is 11.2 Å². The van der Waals surface area contributed by atoms with Gasteiger partial charge in [0.15, 0.2) is 5.16 Å². The first-order chi connectivity index (χ1) is 54.9. The van der Waals surface area contributed by atoms with Crippen LogP contribution in [0.1, 0.15) is 89.3 Å². The molecule has 612 valence electrons. The van der Waals surface area contributed by atoms with E-state index in [1.165, 1.54) is 75.7 Å². The van der Waals surface area contributed by atoms with E-state index in [4.69, 9.17) is 84.8 Å². The quantitative estimate of drug-likeness (QED) is 0.0405. The molecule has 6 aliphatic heterocycles. The van der Waals surface area contributed by atoms with E-state index in [0.717, 1.165) is 80.7 Å². The normalized spacial score (nSPS) is 15.4. The first kappa shape index (κ1) is 88.5. The fraction of sp³-hybridized carbons (Fsp3) is 0.338. The van der Waals surface area contributed by atoms with Crippen LogP contribution in [-0.2, 0) is 9.47 Å². The van der Waals surface area contributed by atoms with Gasteiger partial charge in [0.25, 0.3) is 17.7 Å². The Kier molecular flexibility index (Phi) is 29.8. The summed E-state index contributed by atoms with van der Waals surface area (Å²) in [6.07, 6.45) is 6.04. The summed E-state index contributed by atoms with van der Waals surface area (Å²) in [5.74, 6) is 1.31. The Morgan fingerprint density at radius 3 is 1.13 bits per heavy atom. The Hall–Kier alpha value is -8.30. The molecule has 0 bridgehead atoms. The van der Waals surface area contributed by atoms with Crippen molar-refractivity contribution in [1.29, 1.82) is 0 Å². The number of thioether (sulfide) groups is 4. The number of amides is 5. The lowest BCUT2D eigenvalue weighted by Crippen LogP contribution is -2.50. The van der Waals surface area contributed by atoms with Crippen molar-refractivity contribution in [2.45, 2.75) is 93.8 Å². The van der Waals surface area contributed by atoms with Gasteiger partial charge in [-0.3, -0.25) is 29.1 Å². The van der Waals surface area contributed by atoms with Crippen LogP contribution in [0.15, 0.2) is 148 Å². The molecule has 116 heavy (non-hydrogen) atoms. The highest BCUT2D eigenvalue weighted by atomic mass is 35.5. The number of aromatic nitrogens is 6. The average molecular weight is 1790 g/mol. The zero-order valence-corrected chi connectivity index (χ0v) is 73.9. The number of carbonyl (C=O) groups excluding carboxylic acids is 5. The van der Waals surface area contributed by atoms with Crippen LogP contribution in [0.25, 0.3) is 0 Å². The Balaban J connectivity index is 0.000000157. The lowest BCUT2D eigenvalue weighted by molar-refractivity contribution is 0.0230. The Labute approximate surface area is 727 Å². The molecule has 6 aromatic carbocycles. The van der Waals surface area contributed by atoms with Crippen molar-refractivity contribution >= 4 is 222 Å². The second-order valence-electron chi connectivity index (χ2n) is 29.1. The number of ether oxygens (including phenoxy) is 2. The predicted molar refractivity (Wildman–Crippen MR) is 477 cm³/mol. The molecular formula is C80H87Cl7N18O7S4. The summed E-state index contributed by atoms with van der Waals surface area (Å²) in [5.41, 5.74) is 17.2. The van der Waals surface area contributed by atoms with Crippen molar-refractivity contribution in [3.05, 3.63) is 191 Å². The number of piperazine rings is 3. The molecule has 0 spiro atoms. The minimum absolute atomic E-state index is 0. The molecule has 36 heteroatoms. The standard InChI is InChI=1S/C28H30Cl2N6O3S.C23H22Cl2N6OS.C16H25N3O2.C13H9Cl2N3OS2.ClH/c1-17-14-18(8-9-22(17)34-10-12-35(13-11-34)27(38)39-28(2,3)4)32-26-31-15-19-24(33-26)40-16-36(25(19)37)23-20(29)6-5-7-21(23)30;1-14-11-15(5-6-19(14)30-9-7-26-8-10-30)28-23-27-12-16-21(29-23)33-13-31(22(16)32)20-17(24)3-2-4-18(20)25;1-12-11-13(17)5-6-14(12)18-7-9-19(10-8-18)15(20)21-16(2,3)4;1-20-13-16-5-7-11(17-13)21-6-18(12(7)19)10-8(14)3-2-4-9(10)15;/h5-9,14-15H,10-13,16H2,1-4H3,(H,31,32,33);2-6,11-12,26H,7-10,13H2,1H3,(H,27,28,29);5-6,11H,7-10,17H2,1-4H3;2-5H,6H2,1H3;1H. The van der Waals surface area contributed by atoms with E-state index in [1.54, 1.807) is 91.5 Å². The monoisotopic (exact) mass is 1780 g/mol. The molecule has 25 nitrogen and oxygen atoms in total. The van der Waals surface area contributed by atoms with Gasteiger partial charge < -0.3 is 55.7 Å². The summed E-state index contributed by atoms with van der Waals surface area (Å²) in [6, 6.07) is 33.8. The molecule has 0 unspecified atom stereocenters. The van der Waals surface area contributed by atoms with Gasteiger partial charge in [0.05, 0.1) is 81.5 Å². The van der Waals surface area contributed by atoms with Gasteiger partial charge in [-0.2, -0.15) is 0 Å². The molecule has 5 amide bonds. The smallest absolute Gasteiger partial charge is 0.410 e. The molecule has 3 saturated heterocycles. The molecule has 0 radical (unpaired) electrons. The van der Waals surface area contributed by atoms with E-state index in [2.05, 4.69) is 99.5 Å². The molecule has 0 saturated carbocycles. The fourth-order valence-corrected chi connectivity index (χ4v) is 18.1. The number of aryl methyl sites for hydroxylation is 3. The molecule has 0 aliphatic carbocycles. The zero-order chi connectivity index (χ0) is 82.2. The van der Waals surface area contributed by atoms with E-state index in [0.29, 0.717) is 140 Å². The maximum Gasteiger partial charge on any atom is 0.410 e. The first-order valence-corrected chi connectivity index (χ1v) is 43.2. The van der Waals surface area contributed by atoms with Crippen LogP contribution in [0.5, 0.6) is 0 Å². The number of benzene rings is 6. The number of rotatable bonds is 11. The van der Waals surface area contributed by atoms with Crippen molar-refractivity contribution in [2.24, 2.45) is 0 Å². The van der Waals surface area contributed by atoms with Crippen LogP contribution in [-0.4, -0.2) is 183 Å². The number of nitrogens with two attached hydrogens (primary N) is 1. The van der Waals surface area contributed by atoms with Crippen LogP contribution < -0.4 is 51.1 Å². The zero-order valence-electron chi connectivity index (χ0n) is 65.2. The highest BCUT2D eigenvalue weighted by Crippen LogP contribution is 2.44. The van der Waals surface area contributed by atoms with E-state index in [1.807, 2.05) is 84.2 Å². The lowest BCUT2D eigenvalue weighted by atomic mass is 10.1. The van der Waals surface area contributed by atoms with E-state index >= 15 is 0 Å². The molecule has 9 aromatic rings. The summed E-state index contributed by atoms with van der Waals surface area (Å²) >= 11 is 43.4. The number of para-hydroxylation sites is 3. The summed E-state index contributed by atoms with van der Waals surface area (Å²) < 4.78 is 10.9. The number of nitrogens with zero attached hydrogens (tertiary/aromatic N) is 14. The van der Waals surface area contributed by atoms with Gasteiger partial charge in [0.1, 0.15) is 26.3 Å². The van der Waals surface area contributed by atoms with Crippen LogP contribution >= 0.6 is 129 Å². The van der Waals surface area contributed by atoms with Crippen molar-refractivity contribution in [3.63, 3.8) is 0 Å². The first-order valence-electron chi connectivity index (χ1n) is 36.7. The Morgan fingerprint density at radius 1 is 0.466 bits per heavy atom. The van der Waals surface area contributed by atoms with Gasteiger partial charge >= 0.3 is 12.2 Å². The van der Waals surface area contributed by atoms with Crippen LogP contribution in [0, 0.1) is 20.8 Å². The Morgan fingerprint density at radius 2 is 0.793 bits per heavy atom. The highest BCUT2D eigenvalue weighted by Gasteiger charge is 2.36. The molecule has 15 rings (SSSR count). The largest absolute Gasteiger partial charge is 0.444 e. The van der Waals surface area contributed by atoms with Crippen LogP contribution in [0.3, 0.4) is 0 Å². The lowest BCUT2D eigenvalue weighted by Gasteiger charge is -2.37. The summed E-state index contributed by atoms with van der Waals surface area (Å²) in [5, 5.41) is 15.0. The van der Waals surface area contributed by atoms with Crippen LogP contribution in [0.4, 0.5) is 72.7 Å². The summed E-state index contributed by atoms with van der Waals surface area (Å²) in [4.78, 5) is 105. The highest BCUT2D eigenvalue weighted by molar-refractivity contribution is 8.00. The fourth-order valence-electron chi connectivity index (χ4n) is 13.1. The second kappa shape index (κ2) is 39.1. The third-order valence-electron chi connectivity index (χ3n) is 18.6. The number of carbonyl (C=O) groups is 5. The molecular weight excluding hydrogens is 1700 g/mol. The number of anilines is 11. The van der Waals surface area contributed by atoms with Crippen molar-refractivity contribution < 1.29 is 33.4 Å². The summed E-state index contributed by atoms with van der Waals surface area (Å²) in [6.45, 7) is 27.2. The third-order valence-corrected chi connectivity index (χ3v) is 23.9. The van der Waals surface area contributed by atoms with Crippen LogP contribution in [0.2, 0.25) is 30.1 Å². The molecule has 0 atom stereocenters. The van der Waals surface area contributed by atoms with Crippen molar-refractivity contribution in [3.8, 4) is 0 Å². The minimum atomic E-state index is -0.505. The maximum atomic E-state index is 13.2. The molecule has 9 heterocycles. The number of hydrogen-bond donors (Lipinski definition) is 4. The van der Waals surface area contributed by atoms with Gasteiger partial charge in [-0.15, -0.1) is 12.4 Å². The maximum absolute atomic E-state index is 13.2. The number of nitrogen functional groups attached to an aromatic ring is 1. The van der Waals surface area contributed by atoms with E-state index in [-0.39, 0.29) is 42.3 Å². The third kappa shape index (κ3) is 21.8.